The van der Waals surface area contributed by atoms with E-state index in [9.17, 15) is 13.2 Å². The summed E-state index contributed by atoms with van der Waals surface area (Å²) in [6.07, 6.45) is 1.11. The van der Waals surface area contributed by atoms with Crippen molar-refractivity contribution in [1.29, 1.82) is 0 Å². The average molecular weight is 405 g/mol. The second-order valence-corrected chi connectivity index (χ2v) is 8.91. The third-order valence-electron chi connectivity index (χ3n) is 4.51. The van der Waals surface area contributed by atoms with Crippen LogP contribution in [0.4, 0.5) is 5.69 Å². The Bertz CT molecular complexity index is 936. The van der Waals surface area contributed by atoms with Crippen LogP contribution in [0, 0.1) is 13.8 Å². The predicted molar refractivity (Wildman–Crippen MR) is 112 cm³/mol. The van der Waals surface area contributed by atoms with Gasteiger partial charge in [0.2, 0.25) is 15.9 Å². The zero-order valence-electron chi connectivity index (χ0n) is 17.2. The Balaban J connectivity index is 2.31. The maximum Gasteiger partial charge on any atom is 0.244 e. The van der Waals surface area contributed by atoms with Crippen LogP contribution in [0.3, 0.4) is 0 Å². The van der Waals surface area contributed by atoms with Gasteiger partial charge in [-0.1, -0.05) is 24.3 Å². The number of hydrogen-bond donors (Lipinski definition) is 1. The number of nitrogens with zero attached hydrogens (tertiary/aromatic N) is 1. The van der Waals surface area contributed by atoms with E-state index >= 15 is 0 Å². The molecule has 2 atom stereocenters. The Morgan fingerprint density at radius 2 is 1.64 bits per heavy atom. The lowest BCUT2D eigenvalue weighted by atomic mass is 10.1. The van der Waals surface area contributed by atoms with Crippen LogP contribution in [0.1, 0.15) is 36.6 Å². The van der Waals surface area contributed by atoms with E-state index in [-0.39, 0.29) is 11.9 Å². The fourth-order valence-electron chi connectivity index (χ4n) is 3.32. The lowest BCUT2D eigenvalue weighted by Crippen LogP contribution is -2.48. The molecule has 152 valence electrons. The van der Waals surface area contributed by atoms with Gasteiger partial charge in [0.05, 0.1) is 25.1 Å². The number of aryl methyl sites for hydroxylation is 2. The van der Waals surface area contributed by atoms with Gasteiger partial charge in [-0.15, -0.1) is 0 Å². The van der Waals surface area contributed by atoms with Crippen molar-refractivity contribution in [2.45, 2.75) is 39.8 Å². The molecule has 0 aliphatic heterocycles. The molecule has 0 aliphatic rings. The minimum atomic E-state index is -3.66. The fraction of sp³-hybridized carbons (Fsp3) is 0.381. The van der Waals surface area contributed by atoms with Gasteiger partial charge in [-0.05, 0) is 57.0 Å². The van der Waals surface area contributed by atoms with Crippen molar-refractivity contribution in [1.82, 2.24) is 5.32 Å². The molecule has 0 saturated carbocycles. The summed E-state index contributed by atoms with van der Waals surface area (Å²) in [5.41, 5.74) is 3.16. The Labute approximate surface area is 167 Å². The van der Waals surface area contributed by atoms with E-state index in [1.54, 1.807) is 26.2 Å². The summed E-state index contributed by atoms with van der Waals surface area (Å²) in [6.45, 7) is 7.21. The van der Waals surface area contributed by atoms with Crippen molar-refractivity contribution in [3.8, 4) is 5.75 Å². The lowest BCUT2D eigenvalue weighted by molar-refractivity contribution is -0.122. The third-order valence-corrected chi connectivity index (χ3v) is 5.76. The van der Waals surface area contributed by atoms with Crippen LogP contribution in [0.5, 0.6) is 5.75 Å². The van der Waals surface area contributed by atoms with Gasteiger partial charge in [-0.25, -0.2) is 8.42 Å². The van der Waals surface area contributed by atoms with E-state index in [1.807, 2.05) is 51.1 Å². The summed E-state index contributed by atoms with van der Waals surface area (Å²) in [4.78, 5) is 12.9. The van der Waals surface area contributed by atoms with Crippen molar-refractivity contribution in [3.05, 3.63) is 59.2 Å². The van der Waals surface area contributed by atoms with Crippen molar-refractivity contribution >= 4 is 21.6 Å². The largest absolute Gasteiger partial charge is 0.496 e. The highest BCUT2D eigenvalue weighted by atomic mass is 32.2. The van der Waals surface area contributed by atoms with Crippen LogP contribution in [-0.4, -0.2) is 33.7 Å². The molecular weight excluding hydrogens is 376 g/mol. The van der Waals surface area contributed by atoms with Crippen LogP contribution in [-0.2, 0) is 14.8 Å². The number of rotatable bonds is 7. The molecular formula is C21H28N2O4S. The molecule has 2 rings (SSSR count). The van der Waals surface area contributed by atoms with Gasteiger partial charge in [-0.2, -0.15) is 0 Å². The average Bonchev–Trinajstić information content (AvgIpc) is 2.59. The zero-order chi connectivity index (χ0) is 21.1. The molecule has 28 heavy (non-hydrogen) atoms. The molecule has 0 fully saturated rings. The summed E-state index contributed by atoms with van der Waals surface area (Å²) in [5.74, 6) is 0.278. The topological polar surface area (TPSA) is 75.7 Å². The monoisotopic (exact) mass is 404 g/mol. The number of sulfonamides is 1. The summed E-state index contributed by atoms with van der Waals surface area (Å²) in [6, 6.07) is 11.6. The van der Waals surface area contributed by atoms with Crippen molar-refractivity contribution < 1.29 is 17.9 Å². The molecule has 0 aromatic heterocycles. The van der Waals surface area contributed by atoms with E-state index in [0.29, 0.717) is 11.4 Å². The number of benzene rings is 2. The van der Waals surface area contributed by atoms with E-state index in [4.69, 9.17) is 4.74 Å². The van der Waals surface area contributed by atoms with E-state index in [2.05, 4.69) is 5.32 Å². The standard InChI is InChI=1S/C21H28N2O4S/c1-14-11-15(2)13-18(12-14)23(28(6,25)26)17(4)21(24)22-16(3)19-9-7-8-10-20(19)27-5/h7-13,16-17H,1-6H3,(H,22,24)/t16-,17-/m1/s1. The lowest BCUT2D eigenvalue weighted by Gasteiger charge is -2.30. The number of ether oxygens (including phenoxy) is 1. The van der Waals surface area contributed by atoms with Gasteiger partial charge >= 0.3 is 0 Å². The number of anilines is 1. The Morgan fingerprint density at radius 3 is 2.18 bits per heavy atom. The molecule has 0 aliphatic carbocycles. The minimum absolute atomic E-state index is 0.341. The van der Waals surface area contributed by atoms with Gasteiger partial charge in [0.25, 0.3) is 0 Å². The van der Waals surface area contributed by atoms with Crippen LogP contribution < -0.4 is 14.4 Å². The Morgan fingerprint density at radius 1 is 1.07 bits per heavy atom. The fourth-order valence-corrected chi connectivity index (χ4v) is 4.48. The van der Waals surface area contributed by atoms with E-state index in [0.717, 1.165) is 27.3 Å². The molecule has 1 N–H and O–H groups in total. The van der Waals surface area contributed by atoms with Gasteiger partial charge in [-0.3, -0.25) is 9.10 Å². The third kappa shape index (κ3) is 5.04. The second-order valence-electron chi connectivity index (χ2n) is 7.05. The van der Waals surface area contributed by atoms with Gasteiger partial charge in [0, 0.05) is 5.56 Å². The number of nitrogens with one attached hydrogen (secondary N) is 1. The van der Waals surface area contributed by atoms with Crippen LogP contribution in [0.2, 0.25) is 0 Å². The SMILES string of the molecule is COc1ccccc1[C@@H](C)NC(=O)[C@@H](C)N(c1cc(C)cc(C)c1)S(C)(=O)=O. The molecule has 0 saturated heterocycles. The van der Waals surface area contributed by atoms with Gasteiger partial charge < -0.3 is 10.1 Å². The Kier molecular flexibility index (Phi) is 6.72. The van der Waals surface area contributed by atoms with Gasteiger partial charge in [0.1, 0.15) is 11.8 Å². The number of carbonyl (C=O) groups is 1. The number of para-hydroxylation sites is 1. The first-order valence-electron chi connectivity index (χ1n) is 9.05. The van der Waals surface area contributed by atoms with Crippen LogP contribution in [0.25, 0.3) is 0 Å². The molecule has 2 aromatic carbocycles. The highest BCUT2D eigenvalue weighted by Gasteiger charge is 2.30. The van der Waals surface area contributed by atoms with Crippen molar-refractivity contribution in [2.24, 2.45) is 0 Å². The summed E-state index contributed by atoms with van der Waals surface area (Å²) < 4.78 is 31.5. The molecule has 0 radical (unpaired) electrons. The highest BCUT2D eigenvalue weighted by Crippen LogP contribution is 2.26. The maximum absolute atomic E-state index is 12.9. The first-order chi connectivity index (χ1) is 13.0. The molecule has 7 heteroatoms. The molecule has 1 amide bonds. The van der Waals surface area contributed by atoms with Gasteiger partial charge in [0.15, 0.2) is 0 Å². The van der Waals surface area contributed by atoms with E-state index < -0.39 is 16.1 Å². The number of methoxy groups -OCH3 is 1. The van der Waals surface area contributed by atoms with Crippen molar-refractivity contribution in [3.63, 3.8) is 0 Å². The smallest absolute Gasteiger partial charge is 0.244 e. The number of amides is 1. The number of hydrogen-bond acceptors (Lipinski definition) is 4. The molecule has 6 nitrogen and oxygen atoms in total. The molecule has 0 unspecified atom stereocenters. The quantitative estimate of drug-likeness (QED) is 0.768. The Hall–Kier alpha value is -2.54. The summed E-state index contributed by atoms with van der Waals surface area (Å²) in [5, 5.41) is 2.90. The second kappa shape index (κ2) is 8.65. The zero-order valence-corrected chi connectivity index (χ0v) is 18.0. The molecule has 0 heterocycles. The normalized spacial score (nSPS) is 13.5. The summed E-state index contributed by atoms with van der Waals surface area (Å²) >= 11 is 0. The first-order valence-corrected chi connectivity index (χ1v) is 10.9. The summed E-state index contributed by atoms with van der Waals surface area (Å²) in [7, 11) is -2.09. The molecule has 2 aromatic rings. The number of carbonyl (C=O) groups excluding carboxylic acids is 1. The minimum Gasteiger partial charge on any atom is -0.496 e. The molecule has 0 spiro atoms. The van der Waals surface area contributed by atoms with E-state index in [1.165, 1.54) is 0 Å². The van der Waals surface area contributed by atoms with Crippen LogP contribution >= 0.6 is 0 Å². The van der Waals surface area contributed by atoms with Crippen molar-refractivity contribution in [2.75, 3.05) is 17.7 Å². The predicted octanol–water partition coefficient (Wildman–Crippen LogP) is 3.34. The van der Waals surface area contributed by atoms with Crippen LogP contribution in [0.15, 0.2) is 42.5 Å². The first kappa shape index (κ1) is 21.8. The molecule has 0 bridgehead atoms. The highest BCUT2D eigenvalue weighted by molar-refractivity contribution is 7.92. The maximum atomic E-state index is 12.9.